The summed E-state index contributed by atoms with van der Waals surface area (Å²) in [6.07, 6.45) is 18.7. The molecule has 0 atom stereocenters. The molecule has 0 unspecified atom stereocenters. The van der Waals surface area contributed by atoms with Gasteiger partial charge < -0.3 is 9.47 Å². The van der Waals surface area contributed by atoms with Gasteiger partial charge in [-0.1, -0.05) is 78.1 Å². The van der Waals surface area contributed by atoms with Crippen molar-refractivity contribution in [1.82, 2.24) is 0 Å². The fourth-order valence-electron chi connectivity index (χ4n) is 2.46. The molecule has 0 aromatic rings. The van der Waals surface area contributed by atoms with Gasteiger partial charge in [-0.05, 0) is 25.3 Å². The van der Waals surface area contributed by atoms with Crippen LogP contribution in [0.25, 0.3) is 0 Å². The van der Waals surface area contributed by atoms with E-state index < -0.39 is 0 Å². The molecular weight excluding hydrogens is 288 g/mol. The summed E-state index contributed by atoms with van der Waals surface area (Å²) in [7, 11) is 0. The van der Waals surface area contributed by atoms with Gasteiger partial charge in [-0.2, -0.15) is 0 Å². The summed E-state index contributed by atoms with van der Waals surface area (Å²) in [5.41, 5.74) is 0. The van der Waals surface area contributed by atoms with E-state index in [0.717, 1.165) is 32.2 Å². The van der Waals surface area contributed by atoms with Crippen LogP contribution in [0.4, 0.5) is 0 Å². The number of carbonyl (C=O) groups excluding carboxylic acids is 1. The van der Waals surface area contributed by atoms with E-state index in [1.54, 1.807) is 0 Å². The Morgan fingerprint density at radius 3 is 1.96 bits per heavy atom. The fraction of sp³-hybridized carbons (Fsp3) is 0.850. The molecule has 0 amide bonds. The molecule has 0 aliphatic carbocycles. The van der Waals surface area contributed by atoms with Gasteiger partial charge in [-0.25, -0.2) is 0 Å². The lowest BCUT2D eigenvalue weighted by molar-refractivity contribution is -0.111. The first kappa shape index (κ1) is 22.2. The molecule has 3 heteroatoms. The average Bonchev–Trinajstić information content (AvgIpc) is 2.57. The van der Waals surface area contributed by atoms with Crippen molar-refractivity contribution in [2.75, 3.05) is 13.4 Å². The number of unbranched alkanes of at least 4 members (excludes halogenated alkanes) is 11. The Balaban J connectivity index is 3.43. The number of rotatable bonds is 18. The lowest BCUT2D eigenvalue weighted by Crippen LogP contribution is -2.02. The third-order valence-electron chi connectivity index (χ3n) is 3.97. The first-order valence-electron chi connectivity index (χ1n) is 9.71. The summed E-state index contributed by atoms with van der Waals surface area (Å²) >= 11 is 0. The molecule has 0 aliphatic rings. The number of hydrogen-bond acceptors (Lipinski definition) is 3. The molecule has 0 N–H and O–H groups in total. The molecule has 0 saturated carbocycles. The van der Waals surface area contributed by atoms with Gasteiger partial charge in [0.2, 0.25) is 0 Å². The van der Waals surface area contributed by atoms with Crippen molar-refractivity contribution in [3.8, 4) is 0 Å². The molecule has 136 valence electrons. The second kappa shape index (κ2) is 19.2. The molecule has 0 aromatic carbocycles. The highest BCUT2D eigenvalue weighted by Crippen LogP contribution is 2.09. The predicted octanol–water partition coefficient (Wildman–Crippen LogP) is 6.17. The smallest absolute Gasteiger partial charge is 0.189 e. The SMILES string of the molecule is CCCCCCCCC=C(C=O)OCOCCCCCCCC. The summed E-state index contributed by atoms with van der Waals surface area (Å²) in [6, 6.07) is 0. The zero-order chi connectivity index (χ0) is 17.0. The van der Waals surface area contributed by atoms with Crippen LogP contribution < -0.4 is 0 Å². The van der Waals surface area contributed by atoms with Gasteiger partial charge in [-0.3, -0.25) is 4.79 Å². The second-order valence-corrected chi connectivity index (χ2v) is 6.22. The summed E-state index contributed by atoms with van der Waals surface area (Å²) in [5.74, 6) is 0.418. The predicted molar refractivity (Wildman–Crippen MR) is 97.4 cm³/mol. The minimum Gasteiger partial charge on any atom is -0.464 e. The number of hydrogen-bond donors (Lipinski definition) is 0. The van der Waals surface area contributed by atoms with E-state index >= 15 is 0 Å². The Morgan fingerprint density at radius 1 is 0.783 bits per heavy atom. The van der Waals surface area contributed by atoms with E-state index in [1.165, 1.54) is 64.2 Å². The van der Waals surface area contributed by atoms with Crippen LogP contribution in [0.1, 0.15) is 97.3 Å². The van der Waals surface area contributed by atoms with Gasteiger partial charge in [0.15, 0.2) is 18.8 Å². The van der Waals surface area contributed by atoms with E-state index in [1.807, 2.05) is 6.08 Å². The van der Waals surface area contributed by atoms with Crippen molar-refractivity contribution in [2.45, 2.75) is 97.3 Å². The van der Waals surface area contributed by atoms with Crippen LogP contribution in [-0.2, 0) is 14.3 Å². The highest BCUT2D eigenvalue weighted by molar-refractivity contribution is 5.69. The van der Waals surface area contributed by atoms with Crippen LogP contribution in [0.2, 0.25) is 0 Å². The van der Waals surface area contributed by atoms with Gasteiger partial charge in [0.1, 0.15) is 0 Å². The van der Waals surface area contributed by atoms with Gasteiger partial charge >= 0.3 is 0 Å². The maximum absolute atomic E-state index is 10.9. The average molecular weight is 327 g/mol. The molecule has 3 nitrogen and oxygen atoms in total. The molecule has 0 fully saturated rings. The molecule has 23 heavy (non-hydrogen) atoms. The maximum atomic E-state index is 10.9. The van der Waals surface area contributed by atoms with Crippen molar-refractivity contribution in [1.29, 1.82) is 0 Å². The van der Waals surface area contributed by atoms with E-state index in [0.29, 0.717) is 5.76 Å². The molecule has 0 radical (unpaired) electrons. The third kappa shape index (κ3) is 17.4. The number of carbonyl (C=O) groups is 1. The van der Waals surface area contributed by atoms with E-state index in [9.17, 15) is 4.79 Å². The van der Waals surface area contributed by atoms with Crippen molar-refractivity contribution >= 4 is 6.29 Å². The Bertz CT molecular complexity index is 274. The number of allylic oxidation sites excluding steroid dienone is 2. The summed E-state index contributed by atoms with van der Waals surface area (Å²) in [6.45, 7) is 5.36. The van der Waals surface area contributed by atoms with Crippen LogP contribution >= 0.6 is 0 Å². The second-order valence-electron chi connectivity index (χ2n) is 6.22. The normalized spacial score (nSPS) is 11.7. The number of aldehydes is 1. The molecule has 0 rings (SSSR count). The Kier molecular flexibility index (Phi) is 18.5. The van der Waals surface area contributed by atoms with Crippen molar-refractivity contribution in [3.63, 3.8) is 0 Å². The Hall–Kier alpha value is -0.830. The topological polar surface area (TPSA) is 35.5 Å². The summed E-state index contributed by atoms with van der Waals surface area (Å²) < 4.78 is 10.8. The quantitative estimate of drug-likeness (QED) is 0.0993. The van der Waals surface area contributed by atoms with E-state index in [4.69, 9.17) is 9.47 Å². The van der Waals surface area contributed by atoms with E-state index in [-0.39, 0.29) is 6.79 Å². The van der Waals surface area contributed by atoms with Crippen molar-refractivity contribution < 1.29 is 14.3 Å². The van der Waals surface area contributed by atoms with Crippen LogP contribution in [0.5, 0.6) is 0 Å². The van der Waals surface area contributed by atoms with Crippen molar-refractivity contribution in [2.24, 2.45) is 0 Å². The molecular formula is C20H38O3. The third-order valence-corrected chi connectivity index (χ3v) is 3.97. The van der Waals surface area contributed by atoms with Crippen LogP contribution in [0.15, 0.2) is 11.8 Å². The maximum Gasteiger partial charge on any atom is 0.189 e. The Morgan fingerprint density at radius 2 is 1.35 bits per heavy atom. The Labute approximate surface area is 143 Å². The minimum atomic E-state index is 0.191. The first-order valence-corrected chi connectivity index (χ1v) is 9.71. The number of ether oxygens (including phenoxy) is 2. The van der Waals surface area contributed by atoms with Crippen molar-refractivity contribution in [3.05, 3.63) is 11.8 Å². The van der Waals surface area contributed by atoms with Crippen LogP contribution in [0.3, 0.4) is 0 Å². The molecule has 0 saturated heterocycles. The summed E-state index contributed by atoms with van der Waals surface area (Å²) in [4.78, 5) is 10.9. The molecule has 0 aliphatic heterocycles. The van der Waals surface area contributed by atoms with Gasteiger partial charge in [0.05, 0.1) is 6.61 Å². The largest absolute Gasteiger partial charge is 0.464 e. The zero-order valence-electron chi connectivity index (χ0n) is 15.5. The molecule has 0 bridgehead atoms. The highest BCUT2D eigenvalue weighted by atomic mass is 16.7. The monoisotopic (exact) mass is 326 g/mol. The van der Waals surface area contributed by atoms with Crippen LogP contribution in [0, 0.1) is 0 Å². The highest BCUT2D eigenvalue weighted by Gasteiger charge is 1.97. The summed E-state index contributed by atoms with van der Waals surface area (Å²) in [5, 5.41) is 0. The standard InChI is InChI=1S/C20H38O3/c1-3-5-7-9-11-12-14-16-20(18-21)23-19-22-17-15-13-10-8-6-4-2/h16,18H,3-15,17,19H2,1-2H3. The lowest BCUT2D eigenvalue weighted by atomic mass is 10.1. The van der Waals surface area contributed by atoms with Crippen LogP contribution in [-0.4, -0.2) is 19.7 Å². The molecule has 0 heterocycles. The molecule has 0 aromatic heterocycles. The zero-order valence-corrected chi connectivity index (χ0v) is 15.5. The first-order chi connectivity index (χ1) is 11.3. The van der Waals surface area contributed by atoms with Gasteiger partial charge in [0, 0.05) is 0 Å². The molecule has 0 spiro atoms. The minimum absolute atomic E-state index is 0.191. The fourth-order valence-corrected chi connectivity index (χ4v) is 2.46. The van der Waals surface area contributed by atoms with E-state index in [2.05, 4.69) is 13.8 Å². The van der Waals surface area contributed by atoms with Gasteiger partial charge in [0.25, 0.3) is 0 Å². The van der Waals surface area contributed by atoms with Gasteiger partial charge in [-0.15, -0.1) is 0 Å². The lowest BCUT2D eigenvalue weighted by Gasteiger charge is -2.07.